The fraction of sp³-hybridized carbons (Fsp3) is 0.722. The minimum Gasteiger partial charge on any atom is -0.480 e. The molecule has 0 aliphatic carbocycles. The number of hydrogen-bond donors (Lipinski definition) is 6. The van der Waals surface area contributed by atoms with E-state index in [4.69, 9.17) is 16.6 Å². The number of carbonyl (C=O) groups excluding carboxylic acids is 4. The van der Waals surface area contributed by atoms with E-state index in [1.54, 1.807) is 0 Å². The molecule has 172 valence electrons. The van der Waals surface area contributed by atoms with Gasteiger partial charge in [-0.05, 0) is 37.7 Å². The van der Waals surface area contributed by atoms with E-state index in [2.05, 4.69) is 16.0 Å². The predicted octanol–water partition coefficient (Wildman–Crippen LogP) is -1.45. The minimum atomic E-state index is -1.38. The number of carboxylic acids is 1. The Balaban J connectivity index is 5.31. The second-order valence-electron chi connectivity index (χ2n) is 7.38. The van der Waals surface area contributed by atoms with Crippen LogP contribution in [0, 0.1) is 5.92 Å². The molecule has 0 saturated carbocycles. The van der Waals surface area contributed by atoms with Crippen LogP contribution in [0.2, 0.25) is 0 Å². The third-order valence-electron chi connectivity index (χ3n) is 4.07. The van der Waals surface area contributed by atoms with Crippen LogP contribution in [0.25, 0.3) is 0 Å². The molecule has 0 aromatic heterocycles. The summed E-state index contributed by atoms with van der Waals surface area (Å²) < 4.78 is 0. The first-order chi connectivity index (χ1) is 13.9. The van der Waals surface area contributed by atoms with Gasteiger partial charge in [-0.25, -0.2) is 0 Å². The molecule has 0 aromatic rings. The van der Waals surface area contributed by atoms with Crippen molar-refractivity contribution in [3.05, 3.63) is 0 Å². The minimum absolute atomic E-state index is 0.184. The highest BCUT2D eigenvalue weighted by Crippen LogP contribution is 2.06. The largest absolute Gasteiger partial charge is 0.480 e. The summed E-state index contributed by atoms with van der Waals surface area (Å²) in [6.07, 6.45) is 2.00. The van der Waals surface area contributed by atoms with Gasteiger partial charge < -0.3 is 32.5 Å². The molecule has 0 fully saturated rings. The third-order valence-corrected chi connectivity index (χ3v) is 4.72. The third kappa shape index (κ3) is 11.0. The molecule has 0 rings (SSSR count). The lowest BCUT2D eigenvalue weighted by molar-refractivity contribution is -0.142. The fourth-order valence-electron chi connectivity index (χ4n) is 2.46. The highest BCUT2D eigenvalue weighted by Gasteiger charge is 2.30. The van der Waals surface area contributed by atoms with Crippen molar-refractivity contribution in [3.63, 3.8) is 0 Å². The monoisotopic (exact) mass is 447 g/mol. The van der Waals surface area contributed by atoms with Crippen LogP contribution >= 0.6 is 11.8 Å². The van der Waals surface area contributed by atoms with Gasteiger partial charge in [0.2, 0.25) is 23.6 Å². The van der Waals surface area contributed by atoms with Crippen LogP contribution in [-0.4, -0.2) is 70.9 Å². The van der Waals surface area contributed by atoms with Crippen molar-refractivity contribution >= 4 is 41.4 Å². The van der Waals surface area contributed by atoms with Crippen molar-refractivity contribution in [2.24, 2.45) is 17.4 Å². The zero-order chi connectivity index (χ0) is 23.4. The Morgan fingerprint density at radius 3 is 1.93 bits per heavy atom. The van der Waals surface area contributed by atoms with E-state index in [9.17, 15) is 24.0 Å². The molecule has 0 radical (unpaired) electrons. The molecule has 4 amide bonds. The van der Waals surface area contributed by atoms with Gasteiger partial charge in [0.05, 0.1) is 12.5 Å². The summed E-state index contributed by atoms with van der Waals surface area (Å²) in [6, 6.07) is -4.39. The van der Waals surface area contributed by atoms with Gasteiger partial charge in [0.25, 0.3) is 0 Å². The van der Waals surface area contributed by atoms with Crippen molar-refractivity contribution in [1.29, 1.82) is 0 Å². The molecule has 0 saturated heterocycles. The normalized spacial score (nSPS) is 14.9. The zero-order valence-corrected chi connectivity index (χ0v) is 18.6. The van der Waals surface area contributed by atoms with Gasteiger partial charge in [-0.15, -0.1) is 0 Å². The van der Waals surface area contributed by atoms with Crippen molar-refractivity contribution in [3.8, 4) is 0 Å². The summed E-state index contributed by atoms with van der Waals surface area (Å²) in [7, 11) is 0. The van der Waals surface area contributed by atoms with Gasteiger partial charge in [0.15, 0.2) is 0 Å². The Hall–Kier alpha value is -2.34. The van der Waals surface area contributed by atoms with E-state index in [1.165, 1.54) is 18.7 Å². The molecule has 12 heteroatoms. The van der Waals surface area contributed by atoms with Crippen LogP contribution in [0.1, 0.15) is 40.0 Å². The van der Waals surface area contributed by atoms with E-state index in [1.807, 2.05) is 20.1 Å². The Morgan fingerprint density at radius 2 is 1.47 bits per heavy atom. The summed E-state index contributed by atoms with van der Waals surface area (Å²) in [5.41, 5.74) is 11.0. The highest BCUT2D eigenvalue weighted by molar-refractivity contribution is 7.98. The Kier molecular flexibility index (Phi) is 12.7. The van der Waals surface area contributed by atoms with Crippen LogP contribution in [0.3, 0.4) is 0 Å². The second-order valence-corrected chi connectivity index (χ2v) is 8.36. The van der Waals surface area contributed by atoms with Crippen molar-refractivity contribution < 1.29 is 29.1 Å². The number of aliphatic carboxylic acids is 1. The van der Waals surface area contributed by atoms with Crippen molar-refractivity contribution in [1.82, 2.24) is 16.0 Å². The molecule has 30 heavy (non-hydrogen) atoms. The van der Waals surface area contributed by atoms with Crippen LogP contribution in [0.4, 0.5) is 0 Å². The molecule has 0 aliphatic heterocycles. The number of nitrogens with one attached hydrogen (secondary N) is 3. The Morgan fingerprint density at radius 1 is 0.933 bits per heavy atom. The van der Waals surface area contributed by atoms with Crippen LogP contribution in [0.5, 0.6) is 0 Å². The number of carboxylic acid groups (broad SMARTS) is 1. The highest BCUT2D eigenvalue weighted by atomic mass is 32.2. The SMILES string of the molecule is CSCCC(NC(=O)C(N)CC(C)C)C(=O)NC(CC(N)=O)C(=O)NC(C)C(=O)O. The molecule has 0 heterocycles. The van der Waals surface area contributed by atoms with Crippen molar-refractivity contribution in [2.75, 3.05) is 12.0 Å². The topological polar surface area (TPSA) is 194 Å². The van der Waals surface area contributed by atoms with Gasteiger partial charge >= 0.3 is 5.97 Å². The van der Waals surface area contributed by atoms with Gasteiger partial charge in [-0.3, -0.25) is 24.0 Å². The fourth-order valence-corrected chi connectivity index (χ4v) is 2.93. The maximum atomic E-state index is 12.7. The van der Waals surface area contributed by atoms with Crippen LogP contribution in [-0.2, 0) is 24.0 Å². The molecular formula is C18H33N5O6S. The lowest BCUT2D eigenvalue weighted by atomic mass is 10.0. The molecule has 11 nitrogen and oxygen atoms in total. The number of carbonyl (C=O) groups is 5. The van der Waals surface area contributed by atoms with Crippen LogP contribution < -0.4 is 27.4 Å². The average molecular weight is 448 g/mol. The maximum Gasteiger partial charge on any atom is 0.325 e. The number of nitrogens with two attached hydrogens (primary N) is 2. The van der Waals surface area contributed by atoms with E-state index < -0.39 is 60.2 Å². The summed E-state index contributed by atoms with van der Waals surface area (Å²) >= 11 is 1.46. The van der Waals surface area contributed by atoms with Crippen LogP contribution in [0.15, 0.2) is 0 Å². The number of hydrogen-bond acceptors (Lipinski definition) is 7. The summed E-state index contributed by atoms with van der Waals surface area (Å²) in [4.78, 5) is 59.6. The predicted molar refractivity (Wildman–Crippen MR) is 113 cm³/mol. The maximum absolute atomic E-state index is 12.7. The number of amides is 4. The molecule has 0 bridgehead atoms. The first kappa shape index (κ1) is 27.7. The summed E-state index contributed by atoms with van der Waals surface area (Å²) in [5.74, 6) is -3.48. The van der Waals surface area contributed by atoms with Gasteiger partial charge in [0, 0.05) is 0 Å². The lowest BCUT2D eigenvalue weighted by Crippen LogP contribution is -2.57. The molecule has 0 aromatic carbocycles. The Labute approximate surface area is 180 Å². The van der Waals surface area contributed by atoms with E-state index in [0.717, 1.165) is 0 Å². The quantitative estimate of drug-likeness (QED) is 0.186. The molecule has 0 aliphatic rings. The average Bonchev–Trinajstić information content (AvgIpc) is 2.62. The van der Waals surface area contributed by atoms with Crippen molar-refractivity contribution in [2.45, 2.75) is 64.2 Å². The molecular weight excluding hydrogens is 414 g/mol. The second kappa shape index (κ2) is 13.8. The van der Waals surface area contributed by atoms with Gasteiger partial charge in [0.1, 0.15) is 18.1 Å². The lowest BCUT2D eigenvalue weighted by Gasteiger charge is -2.24. The molecule has 4 unspecified atom stereocenters. The molecule has 4 atom stereocenters. The smallest absolute Gasteiger partial charge is 0.325 e. The summed E-state index contributed by atoms with van der Waals surface area (Å²) in [6.45, 7) is 5.06. The van der Waals surface area contributed by atoms with E-state index in [-0.39, 0.29) is 12.3 Å². The van der Waals surface area contributed by atoms with E-state index >= 15 is 0 Å². The standard InChI is InChI=1S/C18H33N5O6S/c1-9(2)7-11(19)15(25)22-12(5-6-30-4)16(26)23-13(8-14(20)24)17(27)21-10(3)18(28)29/h9-13H,5-8,19H2,1-4H3,(H2,20,24)(H,21,27)(H,22,25)(H,23,26)(H,28,29). The number of primary amides is 1. The van der Waals surface area contributed by atoms with Gasteiger partial charge in [-0.1, -0.05) is 13.8 Å². The first-order valence-electron chi connectivity index (χ1n) is 9.55. The molecule has 8 N–H and O–H groups in total. The first-order valence-corrected chi connectivity index (χ1v) is 10.9. The number of rotatable bonds is 14. The zero-order valence-electron chi connectivity index (χ0n) is 17.8. The summed E-state index contributed by atoms with van der Waals surface area (Å²) in [5, 5.41) is 16.1. The Bertz CT molecular complexity index is 630. The van der Waals surface area contributed by atoms with Gasteiger partial charge in [-0.2, -0.15) is 11.8 Å². The molecule has 0 spiro atoms. The van der Waals surface area contributed by atoms with E-state index in [0.29, 0.717) is 12.2 Å². The number of thioether (sulfide) groups is 1.